The normalized spacial score (nSPS) is 16.5. The van der Waals surface area contributed by atoms with E-state index >= 15 is 0 Å². The van der Waals surface area contributed by atoms with E-state index in [1.807, 2.05) is 26.1 Å². The van der Waals surface area contributed by atoms with Crippen LogP contribution in [0.15, 0.2) is 35.3 Å². The highest BCUT2D eigenvalue weighted by molar-refractivity contribution is 7.27. The summed E-state index contributed by atoms with van der Waals surface area (Å²) in [5, 5.41) is 1.16. The van der Waals surface area contributed by atoms with Crippen molar-refractivity contribution in [3.05, 3.63) is 57.5 Å². The largest absolute Gasteiger partial charge is 0.304 e. The fourth-order valence-electron chi connectivity index (χ4n) is 3.21. The van der Waals surface area contributed by atoms with Crippen molar-refractivity contribution in [2.24, 2.45) is 0 Å². The zero-order valence-corrected chi connectivity index (χ0v) is 15.9. The molecule has 5 heteroatoms. The topological polar surface area (TPSA) is 28.5 Å². The summed E-state index contributed by atoms with van der Waals surface area (Å²) >= 11 is 0. The van der Waals surface area contributed by atoms with Gasteiger partial charge in [0, 0.05) is 50.2 Å². The summed E-state index contributed by atoms with van der Waals surface area (Å²) in [6, 6.07) is 8.23. The lowest BCUT2D eigenvalue weighted by atomic mass is 10.1. The highest BCUT2D eigenvalue weighted by Crippen LogP contribution is 2.13. The second-order valence-electron chi connectivity index (χ2n) is 6.84. The Kier molecular flexibility index (Phi) is 5.19. The van der Waals surface area contributed by atoms with Crippen molar-refractivity contribution < 1.29 is 0 Å². The van der Waals surface area contributed by atoms with Gasteiger partial charge < -0.3 is 4.90 Å². The summed E-state index contributed by atoms with van der Waals surface area (Å²) < 4.78 is 1.75. The van der Waals surface area contributed by atoms with Crippen LogP contribution in [-0.2, 0) is 6.54 Å². The standard InChI is InChI=1S/C19H26N3OP/c1-14-10-15(2)19(23)22(12-14)17-5-4-16(18(24)11-17)13-21-8-6-20(3)7-9-21/h4-5,10-12H,6-9,13,24H2,1-3H3. The first kappa shape index (κ1) is 17.3. The van der Waals surface area contributed by atoms with Gasteiger partial charge in [0.25, 0.3) is 5.56 Å². The molecule has 3 rings (SSSR count). The summed E-state index contributed by atoms with van der Waals surface area (Å²) in [5.41, 5.74) is 4.17. The lowest BCUT2D eigenvalue weighted by molar-refractivity contribution is 0.148. The second kappa shape index (κ2) is 7.18. The lowest BCUT2D eigenvalue weighted by Crippen LogP contribution is -2.44. The summed E-state index contributed by atoms with van der Waals surface area (Å²) in [6.45, 7) is 9.33. The SMILES string of the molecule is Cc1cc(C)c(=O)n(-c2ccc(CN3CCN(C)CC3)c(P)c2)c1. The van der Waals surface area contributed by atoms with Crippen LogP contribution in [0.2, 0.25) is 0 Å². The van der Waals surface area contributed by atoms with E-state index < -0.39 is 0 Å². The van der Waals surface area contributed by atoms with E-state index in [9.17, 15) is 4.79 Å². The lowest BCUT2D eigenvalue weighted by Gasteiger charge is -2.32. The summed E-state index contributed by atoms with van der Waals surface area (Å²) in [5.74, 6) is 0. The average Bonchev–Trinajstić information content (AvgIpc) is 2.55. The van der Waals surface area contributed by atoms with Gasteiger partial charge in [0.1, 0.15) is 0 Å². The first-order valence-electron chi connectivity index (χ1n) is 8.43. The van der Waals surface area contributed by atoms with Crippen LogP contribution in [0, 0.1) is 13.8 Å². The molecule has 24 heavy (non-hydrogen) atoms. The number of aryl methyl sites for hydroxylation is 2. The zero-order valence-electron chi connectivity index (χ0n) is 14.7. The van der Waals surface area contributed by atoms with Gasteiger partial charge in [0.2, 0.25) is 0 Å². The number of hydrogen-bond acceptors (Lipinski definition) is 3. The molecular weight excluding hydrogens is 317 g/mol. The van der Waals surface area contributed by atoms with E-state index in [-0.39, 0.29) is 5.56 Å². The highest BCUT2D eigenvalue weighted by atomic mass is 31.0. The van der Waals surface area contributed by atoms with Crippen molar-refractivity contribution in [1.29, 1.82) is 0 Å². The van der Waals surface area contributed by atoms with Crippen LogP contribution in [-0.4, -0.2) is 47.6 Å². The molecule has 0 spiro atoms. The van der Waals surface area contributed by atoms with Crippen molar-refractivity contribution in [3.8, 4) is 5.69 Å². The predicted octanol–water partition coefficient (Wildman–Crippen LogP) is 1.70. The molecule has 2 heterocycles. The van der Waals surface area contributed by atoms with Crippen LogP contribution in [0.5, 0.6) is 0 Å². The molecule has 4 nitrogen and oxygen atoms in total. The van der Waals surface area contributed by atoms with E-state index in [4.69, 9.17) is 0 Å². The number of rotatable bonds is 3. The Morgan fingerprint density at radius 3 is 2.46 bits per heavy atom. The summed E-state index contributed by atoms with van der Waals surface area (Å²) in [7, 11) is 5.01. The van der Waals surface area contributed by atoms with Gasteiger partial charge in [-0.3, -0.25) is 14.3 Å². The molecule has 1 atom stereocenters. The molecule has 1 aromatic carbocycles. The molecule has 1 saturated heterocycles. The zero-order chi connectivity index (χ0) is 17.3. The molecule has 128 valence electrons. The Morgan fingerprint density at radius 1 is 1.08 bits per heavy atom. The fraction of sp³-hybridized carbons (Fsp3) is 0.421. The second-order valence-corrected chi connectivity index (χ2v) is 7.46. The number of likely N-dealkylation sites (N-methyl/N-ethyl adjacent to an activating group) is 1. The maximum atomic E-state index is 12.4. The Balaban J connectivity index is 1.84. The van der Waals surface area contributed by atoms with Crippen LogP contribution in [0.3, 0.4) is 0 Å². The summed E-state index contributed by atoms with van der Waals surface area (Å²) in [6.07, 6.45) is 1.91. The van der Waals surface area contributed by atoms with Gasteiger partial charge in [0.15, 0.2) is 0 Å². The van der Waals surface area contributed by atoms with Crippen molar-refractivity contribution in [2.45, 2.75) is 20.4 Å². The highest BCUT2D eigenvalue weighted by Gasteiger charge is 2.15. The molecule has 1 unspecified atom stereocenters. The van der Waals surface area contributed by atoms with Crippen LogP contribution in [0.1, 0.15) is 16.7 Å². The molecule has 0 N–H and O–H groups in total. The van der Waals surface area contributed by atoms with Crippen molar-refractivity contribution in [2.75, 3.05) is 33.2 Å². The Labute approximate surface area is 146 Å². The van der Waals surface area contributed by atoms with Gasteiger partial charge in [-0.1, -0.05) is 6.07 Å². The molecule has 0 amide bonds. The minimum absolute atomic E-state index is 0.0526. The van der Waals surface area contributed by atoms with E-state index in [2.05, 4.69) is 44.3 Å². The van der Waals surface area contributed by atoms with E-state index in [1.54, 1.807) is 4.57 Å². The molecule has 1 aliphatic rings. The number of aromatic nitrogens is 1. The Morgan fingerprint density at radius 2 is 1.79 bits per heavy atom. The van der Waals surface area contributed by atoms with Gasteiger partial charge in [-0.25, -0.2) is 0 Å². The fourth-order valence-corrected chi connectivity index (χ4v) is 3.57. The molecule has 1 aliphatic heterocycles. The molecule has 0 aliphatic carbocycles. The van der Waals surface area contributed by atoms with E-state index in [1.165, 1.54) is 5.56 Å². The Bertz CT molecular complexity index is 792. The van der Waals surface area contributed by atoms with Gasteiger partial charge in [0.05, 0.1) is 0 Å². The monoisotopic (exact) mass is 343 g/mol. The first-order valence-corrected chi connectivity index (χ1v) is 9.01. The number of nitrogens with zero attached hydrogens (tertiary/aromatic N) is 3. The van der Waals surface area contributed by atoms with Crippen molar-refractivity contribution in [1.82, 2.24) is 14.4 Å². The van der Waals surface area contributed by atoms with Crippen molar-refractivity contribution >= 4 is 14.5 Å². The molecule has 1 fully saturated rings. The minimum Gasteiger partial charge on any atom is -0.304 e. The van der Waals surface area contributed by atoms with Gasteiger partial charge >= 0.3 is 0 Å². The van der Waals surface area contributed by atoms with Crippen LogP contribution >= 0.6 is 9.24 Å². The maximum Gasteiger partial charge on any atom is 0.257 e. The maximum absolute atomic E-state index is 12.4. The number of pyridine rings is 1. The van der Waals surface area contributed by atoms with Crippen LogP contribution < -0.4 is 10.9 Å². The third kappa shape index (κ3) is 3.77. The molecular formula is C19H26N3OP. The minimum atomic E-state index is 0.0526. The molecule has 0 saturated carbocycles. The number of benzene rings is 1. The van der Waals surface area contributed by atoms with Gasteiger partial charge in [-0.05, 0) is 55.5 Å². The molecule has 0 bridgehead atoms. The molecule has 0 radical (unpaired) electrons. The first-order chi connectivity index (χ1) is 11.4. The number of piperazine rings is 1. The van der Waals surface area contributed by atoms with E-state index in [0.717, 1.165) is 54.8 Å². The average molecular weight is 343 g/mol. The van der Waals surface area contributed by atoms with Gasteiger partial charge in [-0.2, -0.15) is 0 Å². The summed E-state index contributed by atoms with van der Waals surface area (Å²) in [4.78, 5) is 17.3. The third-order valence-electron chi connectivity index (χ3n) is 4.73. The Hall–Kier alpha value is -1.48. The van der Waals surface area contributed by atoms with Crippen LogP contribution in [0.4, 0.5) is 0 Å². The predicted molar refractivity (Wildman–Crippen MR) is 104 cm³/mol. The van der Waals surface area contributed by atoms with Crippen molar-refractivity contribution in [3.63, 3.8) is 0 Å². The quantitative estimate of drug-likeness (QED) is 0.795. The molecule has 2 aromatic rings. The van der Waals surface area contributed by atoms with Crippen LogP contribution in [0.25, 0.3) is 5.69 Å². The van der Waals surface area contributed by atoms with E-state index in [0.29, 0.717) is 0 Å². The molecule has 1 aromatic heterocycles. The van der Waals surface area contributed by atoms with Gasteiger partial charge in [-0.15, -0.1) is 9.24 Å². The number of hydrogen-bond donors (Lipinski definition) is 0. The third-order valence-corrected chi connectivity index (χ3v) is 5.27. The smallest absolute Gasteiger partial charge is 0.257 e.